The van der Waals surface area contributed by atoms with Crippen molar-refractivity contribution in [2.75, 3.05) is 33.7 Å². The number of benzene rings is 1. The van der Waals surface area contributed by atoms with Crippen molar-refractivity contribution in [2.45, 2.75) is 19.3 Å². The molecule has 0 unspecified atom stereocenters. The second kappa shape index (κ2) is 8.72. The highest BCUT2D eigenvalue weighted by Gasteiger charge is 2.21. The Labute approximate surface area is 148 Å². The average molecular weight is 355 g/mol. The standard InChI is InChI=1S/C18H24Cl2N2O/c1-21(2)8-5-14-6-9-22(10-7-14)18(23)4-3-15-11-16(19)13-17(20)12-15/h3-4,11-14H,5-10H2,1-2H3. The largest absolute Gasteiger partial charge is 0.339 e. The Bertz CT molecular complexity index is 544. The second-order valence-electron chi connectivity index (χ2n) is 6.40. The van der Waals surface area contributed by atoms with Crippen molar-refractivity contribution >= 4 is 35.2 Å². The zero-order chi connectivity index (χ0) is 16.8. The Morgan fingerprint density at radius 1 is 1.22 bits per heavy atom. The van der Waals surface area contributed by atoms with Crippen molar-refractivity contribution in [1.29, 1.82) is 0 Å². The van der Waals surface area contributed by atoms with Crippen molar-refractivity contribution in [3.63, 3.8) is 0 Å². The third-order valence-electron chi connectivity index (χ3n) is 4.21. The first-order valence-electron chi connectivity index (χ1n) is 8.02. The molecule has 1 aromatic rings. The van der Waals surface area contributed by atoms with Crippen molar-refractivity contribution in [2.24, 2.45) is 5.92 Å². The Kier molecular flexibility index (Phi) is 6.94. The number of halogens is 2. The van der Waals surface area contributed by atoms with Crippen molar-refractivity contribution in [1.82, 2.24) is 9.80 Å². The minimum absolute atomic E-state index is 0.0622. The van der Waals surface area contributed by atoms with Crippen molar-refractivity contribution in [3.05, 3.63) is 39.9 Å². The van der Waals surface area contributed by atoms with Crippen LogP contribution in [-0.4, -0.2) is 49.4 Å². The molecule has 2 rings (SSSR count). The number of piperidine rings is 1. The van der Waals surface area contributed by atoms with E-state index in [0.29, 0.717) is 10.0 Å². The minimum Gasteiger partial charge on any atom is -0.339 e. The molecule has 0 spiro atoms. The van der Waals surface area contributed by atoms with Gasteiger partial charge in [-0.1, -0.05) is 23.2 Å². The molecule has 23 heavy (non-hydrogen) atoms. The maximum Gasteiger partial charge on any atom is 0.246 e. The summed E-state index contributed by atoms with van der Waals surface area (Å²) in [5.41, 5.74) is 0.844. The van der Waals surface area contributed by atoms with Gasteiger partial charge in [0, 0.05) is 29.2 Å². The summed E-state index contributed by atoms with van der Waals surface area (Å²) in [4.78, 5) is 16.4. The summed E-state index contributed by atoms with van der Waals surface area (Å²) in [6, 6.07) is 5.27. The molecule has 1 fully saturated rings. The van der Waals surface area contributed by atoms with Gasteiger partial charge in [0.15, 0.2) is 0 Å². The van der Waals surface area contributed by atoms with Crippen LogP contribution in [0.4, 0.5) is 0 Å². The molecule has 0 atom stereocenters. The van der Waals surface area contributed by atoms with Gasteiger partial charge in [-0.05, 0) is 75.7 Å². The van der Waals surface area contributed by atoms with Crippen LogP contribution in [0.15, 0.2) is 24.3 Å². The normalized spacial score (nSPS) is 16.5. The van der Waals surface area contributed by atoms with E-state index in [2.05, 4.69) is 19.0 Å². The van der Waals surface area contributed by atoms with Gasteiger partial charge in [-0.15, -0.1) is 0 Å². The molecule has 0 bridgehead atoms. The molecule has 1 aliphatic rings. The van der Waals surface area contributed by atoms with E-state index in [4.69, 9.17) is 23.2 Å². The molecule has 3 nitrogen and oxygen atoms in total. The molecule has 1 aliphatic heterocycles. The molecule has 0 aromatic heterocycles. The predicted octanol–water partition coefficient (Wildman–Crippen LogP) is 4.20. The zero-order valence-electron chi connectivity index (χ0n) is 13.8. The van der Waals surface area contributed by atoms with Crippen LogP contribution in [0.3, 0.4) is 0 Å². The molecule has 1 saturated heterocycles. The van der Waals surface area contributed by atoms with Crippen LogP contribution < -0.4 is 0 Å². The second-order valence-corrected chi connectivity index (χ2v) is 7.27. The van der Waals surface area contributed by atoms with Crippen LogP contribution >= 0.6 is 23.2 Å². The molecule has 1 amide bonds. The minimum atomic E-state index is 0.0622. The van der Waals surface area contributed by atoms with Gasteiger partial charge in [0.2, 0.25) is 5.91 Å². The van der Waals surface area contributed by atoms with E-state index in [1.54, 1.807) is 30.4 Å². The Hall–Kier alpha value is -1.03. The molecule has 0 aliphatic carbocycles. The Balaban J connectivity index is 1.84. The fraction of sp³-hybridized carbons (Fsp3) is 0.500. The van der Waals surface area contributed by atoms with E-state index < -0.39 is 0 Å². The molecule has 1 aromatic carbocycles. The summed E-state index contributed by atoms with van der Waals surface area (Å²) < 4.78 is 0. The van der Waals surface area contributed by atoms with Crippen molar-refractivity contribution < 1.29 is 4.79 Å². The predicted molar refractivity (Wildman–Crippen MR) is 98.0 cm³/mol. The van der Waals surface area contributed by atoms with Gasteiger partial charge >= 0.3 is 0 Å². The summed E-state index contributed by atoms with van der Waals surface area (Å²) in [6.07, 6.45) is 6.79. The summed E-state index contributed by atoms with van der Waals surface area (Å²) in [5, 5.41) is 1.15. The number of rotatable bonds is 5. The highest BCUT2D eigenvalue weighted by Crippen LogP contribution is 2.22. The third-order valence-corrected chi connectivity index (χ3v) is 4.65. The van der Waals surface area contributed by atoms with E-state index in [9.17, 15) is 4.79 Å². The molecule has 1 heterocycles. The SMILES string of the molecule is CN(C)CCC1CCN(C(=O)C=Cc2cc(Cl)cc(Cl)c2)CC1. The summed E-state index contributed by atoms with van der Waals surface area (Å²) in [7, 11) is 4.21. The highest BCUT2D eigenvalue weighted by molar-refractivity contribution is 6.34. The van der Waals surface area contributed by atoms with Crippen LogP contribution in [0.2, 0.25) is 10.0 Å². The average Bonchev–Trinajstić information content (AvgIpc) is 2.50. The summed E-state index contributed by atoms with van der Waals surface area (Å²) in [5.74, 6) is 0.796. The van der Waals surface area contributed by atoms with Gasteiger partial charge in [0.1, 0.15) is 0 Å². The number of hydrogen-bond acceptors (Lipinski definition) is 2. The molecule has 0 radical (unpaired) electrons. The number of amides is 1. The van der Waals surface area contributed by atoms with Gasteiger partial charge in [0.05, 0.1) is 0 Å². The maximum atomic E-state index is 12.3. The smallest absolute Gasteiger partial charge is 0.246 e. The fourth-order valence-electron chi connectivity index (χ4n) is 2.83. The zero-order valence-corrected chi connectivity index (χ0v) is 15.3. The number of likely N-dealkylation sites (tertiary alicyclic amines) is 1. The van der Waals surface area contributed by atoms with E-state index in [0.717, 1.165) is 44.0 Å². The Morgan fingerprint density at radius 2 is 1.83 bits per heavy atom. The van der Waals surface area contributed by atoms with Gasteiger partial charge in [-0.25, -0.2) is 0 Å². The van der Waals surface area contributed by atoms with Crippen LogP contribution in [0.1, 0.15) is 24.8 Å². The molecule has 126 valence electrons. The Morgan fingerprint density at radius 3 is 2.39 bits per heavy atom. The van der Waals surface area contributed by atoms with Gasteiger partial charge in [-0.3, -0.25) is 4.79 Å². The summed E-state index contributed by atoms with van der Waals surface area (Å²) in [6.45, 7) is 2.81. The molecule has 5 heteroatoms. The van der Waals surface area contributed by atoms with Crippen molar-refractivity contribution in [3.8, 4) is 0 Å². The van der Waals surface area contributed by atoms with E-state index >= 15 is 0 Å². The lowest BCUT2D eigenvalue weighted by atomic mass is 9.93. The number of carbonyl (C=O) groups is 1. The monoisotopic (exact) mass is 354 g/mol. The quantitative estimate of drug-likeness (QED) is 0.739. The molecule has 0 saturated carbocycles. The lowest BCUT2D eigenvalue weighted by Crippen LogP contribution is -2.38. The lowest BCUT2D eigenvalue weighted by Gasteiger charge is -2.31. The van der Waals surface area contributed by atoms with Gasteiger partial charge in [0.25, 0.3) is 0 Å². The fourth-order valence-corrected chi connectivity index (χ4v) is 3.37. The first-order valence-corrected chi connectivity index (χ1v) is 8.77. The first kappa shape index (κ1) is 18.3. The first-order chi connectivity index (χ1) is 10.9. The van der Waals surface area contributed by atoms with Crippen LogP contribution in [0, 0.1) is 5.92 Å². The van der Waals surface area contributed by atoms with E-state index in [-0.39, 0.29) is 5.91 Å². The van der Waals surface area contributed by atoms with E-state index in [1.165, 1.54) is 6.42 Å². The number of carbonyl (C=O) groups excluding carboxylic acids is 1. The van der Waals surface area contributed by atoms with Crippen LogP contribution in [-0.2, 0) is 4.79 Å². The topological polar surface area (TPSA) is 23.6 Å². The van der Waals surface area contributed by atoms with Gasteiger partial charge in [-0.2, -0.15) is 0 Å². The maximum absolute atomic E-state index is 12.3. The van der Waals surface area contributed by atoms with Crippen LogP contribution in [0.25, 0.3) is 6.08 Å². The number of nitrogens with zero attached hydrogens (tertiary/aromatic N) is 2. The van der Waals surface area contributed by atoms with E-state index in [1.807, 2.05) is 4.90 Å². The summed E-state index contributed by atoms with van der Waals surface area (Å²) >= 11 is 11.9. The number of hydrogen-bond donors (Lipinski definition) is 0. The van der Waals surface area contributed by atoms with Gasteiger partial charge < -0.3 is 9.80 Å². The molecular weight excluding hydrogens is 331 g/mol. The lowest BCUT2D eigenvalue weighted by molar-refractivity contribution is -0.127. The third kappa shape index (κ3) is 6.17. The molecule has 0 N–H and O–H groups in total. The van der Waals surface area contributed by atoms with Crippen LogP contribution in [0.5, 0.6) is 0 Å². The molecular formula is C18H24Cl2N2O. The highest BCUT2D eigenvalue weighted by atomic mass is 35.5.